The first-order chi connectivity index (χ1) is 7.33. The summed E-state index contributed by atoms with van der Waals surface area (Å²) < 4.78 is 10.4. The normalized spacial score (nSPS) is 18.0. The Balaban J connectivity index is 1.75. The monoisotopic (exact) mass is 215 g/mol. The highest BCUT2D eigenvalue weighted by Crippen LogP contribution is 2.33. The lowest BCUT2D eigenvalue weighted by Crippen LogP contribution is -2.29. The largest absolute Gasteiger partial charge is 0.385 e. The van der Waals surface area contributed by atoms with Crippen LogP contribution in [0.25, 0.3) is 0 Å². The fourth-order valence-corrected chi connectivity index (χ4v) is 1.72. The van der Waals surface area contributed by atoms with E-state index < -0.39 is 0 Å². The van der Waals surface area contributed by atoms with Gasteiger partial charge in [-0.1, -0.05) is 12.8 Å². The lowest BCUT2D eigenvalue weighted by atomic mass is 10.2. The van der Waals surface area contributed by atoms with Gasteiger partial charge in [0.2, 0.25) is 0 Å². The maximum absolute atomic E-state index is 5.46. The summed E-state index contributed by atoms with van der Waals surface area (Å²) in [5, 5.41) is 3.49. The van der Waals surface area contributed by atoms with Crippen LogP contribution in [0.1, 0.15) is 32.6 Å². The minimum Gasteiger partial charge on any atom is -0.385 e. The second-order valence-corrected chi connectivity index (χ2v) is 4.49. The quantitative estimate of drug-likeness (QED) is 0.564. The fraction of sp³-hybridized carbons (Fsp3) is 1.00. The number of ether oxygens (including phenoxy) is 2. The molecule has 1 saturated carbocycles. The first-order valence-electron chi connectivity index (χ1n) is 6.13. The standard InChI is InChI=1S/C12H25NO2/c1-11(10-12-4-5-12)13-6-9-15-8-3-7-14-2/h11-13H,3-10H2,1-2H3. The molecule has 1 atom stereocenters. The van der Waals surface area contributed by atoms with Crippen molar-refractivity contribution in [2.45, 2.75) is 38.6 Å². The minimum absolute atomic E-state index is 0.653. The predicted octanol–water partition coefficient (Wildman–Crippen LogP) is 1.82. The van der Waals surface area contributed by atoms with E-state index in [2.05, 4.69) is 12.2 Å². The van der Waals surface area contributed by atoms with Crippen molar-refractivity contribution >= 4 is 0 Å². The van der Waals surface area contributed by atoms with E-state index in [9.17, 15) is 0 Å². The van der Waals surface area contributed by atoms with Crippen molar-refractivity contribution in [2.75, 3.05) is 33.5 Å². The Morgan fingerprint density at radius 2 is 2.07 bits per heavy atom. The van der Waals surface area contributed by atoms with Gasteiger partial charge in [-0.15, -0.1) is 0 Å². The van der Waals surface area contributed by atoms with E-state index in [-0.39, 0.29) is 0 Å². The molecule has 0 aromatic carbocycles. The molecule has 1 rings (SSSR count). The molecular weight excluding hydrogens is 190 g/mol. The zero-order valence-electron chi connectivity index (χ0n) is 10.1. The molecule has 0 heterocycles. The third-order valence-corrected chi connectivity index (χ3v) is 2.76. The maximum atomic E-state index is 5.46. The summed E-state index contributed by atoms with van der Waals surface area (Å²) in [7, 11) is 1.72. The van der Waals surface area contributed by atoms with Gasteiger partial charge in [0.25, 0.3) is 0 Å². The first kappa shape index (κ1) is 12.9. The van der Waals surface area contributed by atoms with Crippen molar-refractivity contribution < 1.29 is 9.47 Å². The molecule has 3 heteroatoms. The van der Waals surface area contributed by atoms with Crippen molar-refractivity contribution in [3.63, 3.8) is 0 Å². The summed E-state index contributed by atoms with van der Waals surface area (Å²) in [6.07, 6.45) is 5.22. The van der Waals surface area contributed by atoms with Gasteiger partial charge in [0.1, 0.15) is 0 Å². The van der Waals surface area contributed by atoms with Gasteiger partial charge >= 0.3 is 0 Å². The van der Waals surface area contributed by atoms with Crippen LogP contribution in [0.5, 0.6) is 0 Å². The molecule has 0 bridgehead atoms. The number of nitrogens with one attached hydrogen (secondary N) is 1. The Hall–Kier alpha value is -0.120. The van der Waals surface area contributed by atoms with Crippen LogP contribution in [0.3, 0.4) is 0 Å². The molecule has 0 spiro atoms. The second-order valence-electron chi connectivity index (χ2n) is 4.49. The van der Waals surface area contributed by atoms with Crippen LogP contribution in [-0.2, 0) is 9.47 Å². The van der Waals surface area contributed by atoms with Crippen molar-refractivity contribution in [2.24, 2.45) is 5.92 Å². The molecule has 0 amide bonds. The molecule has 1 fully saturated rings. The van der Waals surface area contributed by atoms with Gasteiger partial charge in [-0.05, 0) is 25.7 Å². The van der Waals surface area contributed by atoms with E-state index in [4.69, 9.17) is 9.47 Å². The Bertz CT molecular complexity index is 149. The molecule has 1 aliphatic carbocycles. The van der Waals surface area contributed by atoms with Crippen LogP contribution in [0.4, 0.5) is 0 Å². The number of methoxy groups -OCH3 is 1. The molecule has 3 nitrogen and oxygen atoms in total. The van der Waals surface area contributed by atoms with Crippen molar-refractivity contribution in [1.82, 2.24) is 5.32 Å². The van der Waals surface area contributed by atoms with Crippen LogP contribution in [0, 0.1) is 5.92 Å². The summed E-state index contributed by atoms with van der Waals surface area (Å²) in [5.41, 5.74) is 0. The maximum Gasteiger partial charge on any atom is 0.0591 e. The molecule has 0 aliphatic heterocycles. The molecule has 0 saturated heterocycles. The van der Waals surface area contributed by atoms with Gasteiger partial charge in [0, 0.05) is 32.9 Å². The molecular formula is C12H25NO2. The smallest absolute Gasteiger partial charge is 0.0591 e. The van der Waals surface area contributed by atoms with Crippen LogP contribution < -0.4 is 5.32 Å². The van der Waals surface area contributed by atoms with Gasteiger partial charge in [0.15, 0.2) is 0 Å². The molecule has 0 radical (unpaired) electrons. The highest BCUT2D eigenvalue weighted by atomic mass is 16.5. The van der Waals surface area contributed by atoms with Gasteiger partial charge in [-0.2, -0.15) is 0 Å². The lowest BCUT2D eigenvalue weighted by molar-refractivity contribution is 0.103. The van der Waals surface area contributed by atoms with E-state index in [0.29, 0.717) is 6.04 Å². The van der Waals surface area contributed by atoms with E-state index in [1.807, 2.05) is 0 Å². The highest BCUT2D eigenvalue weighted by Gasteiger charge is 2.22. The van der Waals surface area contributed by atoms with E-state index >= 15 is 0 Å². The van der Waals surface area contributed by atoms with Gasteiger partial charge in [0.05, 0.1) is 6.61 Å². The third-order valence-electron chi connectivity index (χ3n) is 2.76. The van der Waals surface area contributed by atoms with E-state index in [0.717, 1.165) is 38.7 Å². The Morgan fingerprint density at radius 3 is 2.73 bits per heavy atom. The summed E-state index contributed by atoms with van der Waals surface area (Å²) >= 11 is 0. The van der Waals surface area contributed by atoms with Crippen LogP contribution in [0.15, 0.2) is 0 Å². The average Bonchev–Trinajstić information content (AvgIpc) is 3.00. The first-order valence-corrected chi connectivity index (χ1v) is 6.13. The number of rotatable bonds is 10. The topological polar surface area (TPSA) is 30.5 Å². The third kappa shape index (κ3) is 7.77. The van der Waals surface area contributed by atoms with Crippen molar-refractivity contribution in [1.29, 1.82) is 0 Å². The second kappa shape index (κ2) is 8.08. The molecule has 15 heavy (non-hydrogen) atoms. The SMILES string of the molecule is COCCCOCCNC(C)CC1CC1. The Kier molecular flexibility index (Phi) is 6.98. The summed E-state index contributed by atoms with van der Waals surface area (Å²) in [6.45, 7) is 5.67. The molecule has 1 N–H and O–H groups in total. The lowest BCUT2D eigenvalue weighted by Gasteiger charge is -2.13. The van der Waals surface area contributed by atoms with Crippen molar-refractivity contribution in [3.8, 4) is 0 Å². The molecule has 0 aromatic rings. The van der Waals surface area contributed by atoms with Crippen LogP contribution >= 0.6 is 0 Å². The van der Waals surface area contributed by atoms with E-state index in [1.54, 1.807) is 7.11 Å². The fourth-order valence-electron chi connectivity index (χ4n) is 1.72. The van der Waals surface area contributed by atoms with Crippen LogP contribution in [0.2, 0.25) is 0 Å². The predicted molar refractivity (Wildman–Crippen MR) is 62.1 cm³/mol. The Labute approximate surface area is 93.5 Å². The number of hydrogen-bond donors (Lipinski definition) is 1. The molecule has 1 aliphatic rings. The number of hydrogen-bond acceptors (Lipinski definition) is 3. The Morgan fingerprint density at radius 1 is 1.27 bits per heavy atom. The summed E-state index contributed by atoms with van der Waals surface area (Å²) in [4.78, 5) is 0. The van der Waals surface area contributed by atoms with Gasteiger partial charge in [-0.3, -0.25) is 0 Å². The summed E-state index contributed by atoms with van der Waals surface area (Å²) in [6, 6.07) is 0.653. The molecule has 1 unspecified atom stereocenters. The zero-order valence-corrected chi connectivity index (χ0v) is 10.1. The molecule has 0 aromatic heterocycles. The zero-order chi connectivity index (χ0) is 10.9. The van der Waals surface area contributed by atoms with Gasteiger partial charge in [-0.25, -0.2) is 0 Å². The summed E-state index contributed by atoms with van der Waals surface area (Å²) in [5.74, 6) is 1.01. The highest BCUT2D eigenvalue weighted by molar-refractivity contribution is 4.77. The van der Waals surface area contributed by atoms with E-state index in [1.165, 1.54) is 19.3 Å². The van der Waals surface area contributed by atoms with Crippen LogP contribution in [-0.4, -0.2) is 39.5 Å². The van der Waals surface area contributed by atoms with Gasteiger partial charge < -0.3 is 14.8 Å². The average molecular weight is 215 g/mol. The minimum atomic E-state index is 0.653. The molecule has 90 valence electrons. The van der Waals surface area contributed by atoms with Crippen molar-refractivity contribution in [3.05, 3.63) is 0 Å².